The number of halogens is 1. The Morgan fingerprint density at radius 2 is 1.88 bits per heavy atom. The molecule has 0 aliphatic carbocycles. The van der Waals surface area contributed by atoms with Gasteiger partial charge in [0.25, 0.3) is 5.56 Å². The summed E-state index contributed by atoms with van der Waals surface area (Å²) in [6, 6.07) is 7.20. The molecule has 136 valence electrons. The van der Waals surface area contributed by atoms with Gasteiger partial charge in [0.1, 0.15) is 5.69 Å². The molecular weight excluding hydrogens is 354 g/mol. The molecule has 0 aliphatic rings. The Labute approximate surface area is 155 Å². The van der Waals surface area contributed by atoms with E-state index in [1.165, 1.54) is 8.97 Å². The van der Waals surface area contributed by atoms with Gasteiger partial charge < -0.3 is 19.0 Å². The number of hydrogen-bond acceptors (Lipinski definition) is 4. The van der Waals surface area contributed by atoms with Crippen LogP contribution in [0.15, 0.2) is 52.4 Å². The van der Waals surface area contributed by atoms with E-state index >= 15 is 0 Å². The van der Waals surface area contributed by atoms with E-state index in [0.717, 1.165) is 5.56 Å². The number of aromatic nitrogens is 2. The van der Waals surface area contributed by atoms with Gasteiger partial charge in [-0.1, -0.05) is 23.7 Å². The van der Waals surface area contributed by atoms with Crippen LogP contribution in [0.4, 0.5) is 5.69 Å². The monoisotopic (exact) mass is 373 g/mol. The predicted octanol–water partition coefficient (Wildman–Crippen LogP) is 2.71. The van der Waals surface area contributed by atoms with Crippen LogP contribution in [0.3, 0.4) is 0 Å². The number of pyridine rings is 1. The molecule has 1 N–H and O–H groups in total. The van der Waals surface area contributed by atoms with Crippen LogP contribution in [-0.2, 0) is 6.54 Å². The summed E-state index contributed by atoms with van der Waals surface area (Å²) in [5.41, 5.74) is 0.220. The molecule has 0 spiro atoms. The van der Waals surface area contributed by atoms with Crippen molar-refractivity contribution in [3.05, 3.63) is 74.0 Å². The fraction of sp³-hybridized carbons (Fsp3) is 0.263. The van der Waals surface area contributed by atoms with E-state index in [1.54, 1.807) is 30.7 Å². The van der Waals surface area contributed by atoms with Crippen molar-refractivity contribution in [3.63, 3.8) is 0 Å². The van der Waals surface area contributed by atoms with Crippen LogP contribution in [0.5, 0.6) is 5.75 Å². The maximum atomic E-state index is 12.8. The zero-order valence-corrected chi connectivity index (χ0v) is 15.4. The number of rotatable bonds is 5. The fourth-order valence-corrected chi connectivity index (χ4v) is 3.25. The van der Waals surface area contributed by atoms with Crippen molar-refractivity contribution >= 4 is 22.8 Å². The van der Waals surface area contributed by atoms with Gasteiger partial charge in [-0.15, -0.1) is 0 Å². The van der Waals surface area contributed by atoms with Gasteiger partial charge in [-0.2, -0.15) is 0 Å². The largest absolute Gasteiger partial charge is 0.502 e. The smallest absolute Gasteiger partial charge is 0.279 e. The summed E-state index contributed by atoms with van der Waals surface area (Å²) in [5.74, 6) is -0.528. The second-order valence-electron chi connectivity index (χ2n) is 5.98. The van der Waals surface area contributed by atoms with Crippen LogP contribution in [0.2, 0.25) is 5.02 Å². The van der Waals surface area contributed by atoms with Gasteiger partial charge in [-0.3, -0.25) is 9.59 Å². The summed E-state index contributed by atoms with van der Waals surface area (Å²) in [7, 11) is 0. The van der Waals surface area contributed by atoms with E-state index in [1.807, 2.05) is 30.9 Å². The standard InChI is InChI=1S/C19H20ClN3O3/c1-3-21(4-2)15-12-22-8-9-23(11-13-6-5-7-14(20)10-13)19(26)16(22)18(25)17(15)24/h5-10,12,25H,3-4,11H2,1-2H3. The van der Waals surface area contributed by atoms with Gasteiger partial charge in [-0.05, 0) is 31.5 Å². The molecule has 7 heteroatoms. The summed E-state index contributed by atoms with van der Waals surface area (Å²) in [5, 5.41) is 11.0. The molecule has 0 bridgehead atoms. The molecule has 1 aromatic carbocycles. The highest BCUT2D eigenvalue weighted by atomic mass is 35.5. The van der Waals surface area contributed by atoms with Gasteiger partial charge in [0.05, 0.1) is 6.54 Å². The first-order valence-corrected chi connectivity index (χ1v) is 8.80. The topological polar surface area (TPSA) is 66.9 Å². The maximum Gasteiger partial charge on any atom is 0.279 e. The quantitative estimate of drug-likeness (QED) is 0.746. The number of hydrogen-bond donors (Lipinski definition) is 1. The minimum atomic E-state index is -0.536. The Balaban J connectivity index is 2.15. The third-order valence-corrected chi connectivity index (χ3v) is 4.64. The second kappa shape index (κ2) is 7.25. The average Bonchev–Trinajstić information content (AvgIpc) is 2.62. The molecular formula is C19H20ClN3O3. The second-order valence-corrected chi connectivity index (χ2v) is 6.42. The number of fused-ring (bicyclic) bond motifs is 1. The molecule has 6 nitrogen and oxygen atoms in total. The van der Waals surface area contributed by atoms with Crippen molar-refractivity contribution in [2.45, 2.75) is 20.4 Å². The van der Waals surface area contributed by atoms with Crippen LogP contribution in [0.1, 0.15) is 19.4 Å². The van der Waals surface area contributed by atoms with Crippen LogP contribution in [0, 0.1) is 0 Å². The van der Waals surface area contributed by atoms with Crippen molar-refractivity contribution in [1.29, 1.82) is 0 Å². The molecule has 0 unspecified atom stereocenters. The van der Waals surface area contributed by atoms with Gasteiger partial charge in [0, 0.05) is 36.7 Å². The Kier molecular flexibility index (Phi) is 5.04. The van der Waals surface area contributed by atoms with Crippen molar-refractivity contribution < 1.29 is 5.11 Å². The molecule has 0 amide bonds. The zero-order valence-electron chi connectivity index (χ0n) is 14.6. The van der Waals surface area contributed by atoms with Crippen LogP contribution < -0.4 is 15.9 Å². The molecule has 2 aromatic heterocycles. The number of anilines is 1. The van der Waals surface area contributed by atoms with E-state index < -0.39 is 16.7 Å². The first-order valence-electron chi connectivity index (χ1n) is 8.43. The van der Waals surface area contributed by atoms with Crippen molar-refractivity contribution in [2.75, 3.05) is 18.0 Å². The van der Waals surface area contributed by atoms with Crippen LogP contribution in [0.25, 0.3) is 5.52 Å². The normalized spacial score (nSPS) is 11.0. The summed E-state index contributed by atoms with van der Waals surface area (Å²) in [4.78, 5) is 27.2. The van der Waals surface area contributed by atoms with E-state index in [4.69, 9.17) is 11.6 Å². The van der Waals surface area contributed by atoms with Gasteiger partial charge in [0.15, 0.2) is 11.3 Å². The number of benzene rings is 1. The fourth-order valence-electron chi connectivity index (χ4n) is 3.04. The van der Waals surface area contributed by atoms with Crippen molar-refractivity contribution in [2.24, 2.45) is 0 Å². The lowest BCUT2D eigenvalue weighted by molar-refractivity contribution is 0.472. The summed E-state index contributed by atoms with van der Waals surface area (Å²) >= 11 is 5.99. The van der Waals surface area contributed by atoms with Gasteiger partial charge >= 0.3 is 0 Å². The highest BCUT2D eigenvalue weighted by Gasteiger charge is 2.17. The first-order chi connectivity index (χ1) is 12.5. The number of aromatic hydroxyl groups is 1. The van der Waals surface area contributed by atoms with E-state index in [-0.39, 0.29) is 5.52 Å². The van der Waals surface area contributed by atoms with E-state index in [0.29, 0.717) is 30.3 Å². The van der Waals surface area contributed by atoms with Crippen molar-refractivity contribution in [3.8, 4) is 5.75 Å². The first kappa shape index (κ1) is 18.1. The van der Waals surface area contributed by atoms with E-state index in [9.17, 15) is 14.7 Å². The SMILES string of the molecule is CCN(CC)c1cn2ccn(Cc3cccc(Cl)c3)c(=O)c2c(O)c1=O. The number of nitrogens with zero attached hydrogens (tertiary/aromatic N) is 3. The Hall–Kier alpha value is -2.73. The molecule has 2 heterocycles. The van der Waals surface area contributed by atoms with Gasteiger partial charge in [-0.25, -0.2) is 0 Å². The third-order valence-electron chi connectivity index (χ3n) is 4.41. The summed E-state index contributed by atoms with van der Waals surface area (Å²) in [6.07, 6.45) is 4.88. The lowest BCUT2D eigenvalue weighted by atomic mass is 10.2. The average molecular weight is 374 g/mol. The molecule has 0 aliphatic heterocycles. The highest BCUT2D eigenvalue weighted by molar-refractivity contribution is 6.30. The molecule has 0 atom stereocenters. The third kappa shape index (κ3) is 3.20. The molecule has 3 aromatic rings. The maximum absolute atomic E-state index is 12.8. The zero-order chi connectivity index (χ0) is 18.8. The molecule has 0 radical (unpaired) electrons. The minimum Gasteiger partial charge on any atom is -0.502 e. The molecule has 0 saturated carbocycles. The Morgan fingerprint density at radius 1 is 1.15 bits per heavy atom. The predicted molar refractivity (Wildman–Crippen MR) is 104 cm³/mol. The minimum absolute atomic E-state index is 0.0320. The summed E-state index contributed by atoms with van der Waals surface area (Å²) < 4.78 is 2.94. The van der Waals surface area contributed by atoms with Gasteiger partial charge in [0.2, 0.25) is 5.43 Å². The highest BCUT2D eigenvalue weighted by Crippen LogP contribution is 2.17. The lowest BCUT2D eigenvalue weighted by Gasteiger charge is -2.21. The Bertz CT molecular complexity index is 1070. The van der Waals surface area contributed by atoms with E-state index in [2.05, 4.69) is 0 Å². The molecule has 3 rings (SSSR count). The Morgan fingerprint density at radius 3 is 2.54 bits per heavy atom. The van der Waals surface area contributed by atoms with Crippen LogP contribution in [-0.4, -0.2) is 27.2 Å². The molecule has 0 fully saturated rings. The lowest BCUT2D eigenvalue weighted by Crippen LogP contribution is -2.30. The molecule has 26 heavy (non-hydrogen) atoms. The van der Waals surface area contributed by atoms with Crippen LogP contribution >= 0.6 is 11.6 Å². The van der Waals surface area contributed by atoms with Crippen molar-refractivity contribution in [1.82, 2.24) is 8.97 Å². The molecule has 0 saturated heterocycles. The summed E-state index contributed by atoms with van der Waals surface area (Å²) in [6.45, 7) is 5.41.